The number of anilines is 1. The Morgan fingerprint density at radius 3 is 2.39 bits per heavy atom. The minimum atomic E-state index is -3.58. The molecule has 0 spiro atoms. The maximum Gasteiger partial charge on any atom is 0.335 e. The molecule has 0 aliphatic carbocycles. The van der Waals surface area contributed by atoms with Gasteiger partial charge in [0.1, 0.15) is 12.4 Å². The van der Waals surface area contributed by atoms with Gasteiger partial charge in [0.05, 0.1) is 16.5 Å². The summed E-state index contributed by atoms with van der Waals surface area (Å²) in [5.41, 5.74) is 2.34. The number of aromatic carboxylic acids is 1. The molecular formula is C24H33NO5S. The third-order valence-corrected chi connectivity index (χ3v) is 6.85. The summed E-state index contributed by atoms with van der Waals surface area (Å²) in [5.74, 6) is -0.266. The van der Waals surface area contributed by atoms with E-state index in [2.05, 4.69) is 11.6 Å². The smallest absolute Gasteiger partial charge is 0.335 e. The highest BCUT2D eigenvalue weighted by molar-refractivity contribution is 7.93. The maximum absolute atomic E-state index is 13.2. The topological polar surface area (TPSA) is 92.7 Å². The average Bonchev–Trinajstić information content (AvgIpc) is 2.70. The number of unbranched alkanes of at least 4 members (excludes halogenated alkanes) is 1. The van der Waals surface area contributed by atoms with E-state index in [1.54, 1.807) is 24.3 Å². The van der Waals surface area contributed by atoms with E-state index in [9.17, 15) is 13.2 Å². The minimum absolute atomic E-state index is 0.197. The van der Waals surface area contributed by atoms with Gasteiger partial charge in [-0.1, -0.05) is 51.8 Å². The van der Waals surface area contributed by atoms with Crippen LogP contribution in [-0.2, 0) is 16.6 Å². The molecule has 1 atom stereocenters. The first-order valence-corrected chi connectivity index (χ1v) is 12.2. The first kappa shape index (κ1) is 24.7. The number of carboxylic acids is 1. The molecule has 2 rings (SSSR count). The van der Waals surface area contributed by atoms with Crippen molar-refractivity contribution in [2.24, 2.45) is 5.92 Å². The predicted molar refractivity (Wildman–Crippen MR) is 124 cm³/mol. The van der Waals surface area contributed by atoms with Crippen molar-refractivity contribution in [1.82, 2.24) is 0 Å². The van der Waals surface area contributed by atoms with Crippen LogP contribution in [0.25, 0.3) is 0 Å². The highest BCUT2D eigenvalue weighted by Crippen LogP contribution is 2.30. The van der Waals surface area contributed by atoms with Crippen molar-refractivity contribution in [1.29, 1.82) is 0 Å². The zero-order chi connectivity index (χ0) is 23.0. The number of rotatable bonds is 12. The lowest BCUT2D eigenvalue weighted by Crippen LogP contribution is -2.29. The molecule has 0 amide bonds. The number of hydrogen-bond donors (Lipinski definition) is 2. The summed E-state index contributed by atoms with van der Waals surface area (Å²) in [5, 5.41) is 8.56. The van der Waals surface area contributed by atoms with Gasteiger partial charge in [-0.25, -0.2) is 13.2 Å². The fraction of sp³-hybridized carbons (Fsp3) is 0.458. The molecular weight excluding hydrogens is 414 g/mol. The Kier molecular flexibility index (Phi) is 8.92. The van der Waals surface area contributed by atoms with E-state index in [4.69, 9.17) is 9.84 Å². The number of carbonyl (C=O) groups is 1. The SMILES string of the molecule is CCCCC(CC(C)C)S(=O)(=O)Nc1cc(C)ccc1OCc1ccc(C(=O)O)cc1. The summed E-state index contributed by atoms with van der Waals surface area (Å²) >= 11 is 0. The summed E-state index contributed by atoms with van der Waals surface area (Å²) in [6.07, 6.45) is 3.04. The normalized spacial score (nSPS) is 12.5. The van der Waals surface area contributed by atoms with Crippen molar-refractivity contribution in [2.75, 3.05) is 4.72 Å². The van der Waals surface area contributed by atoms with Crippen LogP contribution in [0.2, 0.25) is 0 Å². The molecule has 0 bridgehead atoms. The second kappa shape index (κ2) is 11.2. The number of aryl methyl sites for hydroxylation is 1. The van der Waals surface area contributed by atoms with E-state index in [1.807, 2.05) is 26.8 Å². The van der Waals surface area contributed by atoms with Gasteiger partial charge >= 0.3 is 5.97 Å². The van der Waals surface area contributed by atoms with Crippen LogP contribution >= 0.6 is 0 Å². The van der Waals surface area contributed by atoms with Gasteiger partial charge in [0, 0.05) is 0 Å². The van der Waals surface area contributed by atoms with Gasteiger partial charge in [0.25, 0.3) is 0 Å². The Balaban J connectivity index is 2.20. The van der Waals surface area contributed by atoms with Crippen LogP contribution in [-0.4, -0.2) is 24.7 Å². The molecule has 0 aliphatic rings. The molecule has 170 valence electrons. The summed E-state index contributed by atoms with van der Waals surface area (Å²) in [7, 11) is -3.58. The highest BCUT2D eigenvalue weighted by Gasteiger charge is 2.27. The molecule has 0 saturated carbocycles. The molecule has 1 unspecified atom stereocenters. The van der Waals surface area contributed by atoms with E-state index >= 15 is 0 Å². The van der Waals surface area contributed by atoms with E-state index in [1.165, 1.54) is 12.1 Å². The first-order chi connectivity index (χ1) is 14.6. The zero-order valence-electron chi connectivity index (χ0n) is 18.7. The van der Waals surface area contributed by atoms with Crippen LogP contribution in [0, 0.1) is 12.8 Å². The predicted octanol–water partition coefficient (Wildman–Crippen LogP) is 5.62. The highest BCUT2D eigenvalue weighted by atomic mass is 32.2. The number of hydrogen-bond acceptors (Lipinski definition) is 4. The molecule has 2 aromatic carbocycles. The molecule has 2 aromatic rings. The van der Waals surface area contributed by atoms with Gasteiger partial charge in [-0.15, -0.1) is 0 Å². The Morgan fingerprint density at radius 2 is 1.81 bits per heavy atom. The molecule has 0 fully saturated rings. The van der Waals surface area contributed by atoms with Crippen LogP contribution in [0.15, 0.2) is 42.5 Å². The van der Waals surface area contributed by atoms with Crippen LogP contribution < -0.4 is 9.46 Å². The van der Waals surface area contributed by atoms with Crippen molar-refractivity contribution in [3.05, 3.63) is 59.2 Å². The van der Waals surface area contributed by atoms with Crippen molar-refractivity contribution in [3.63, 3.8) is 0 Å². The third kappa shape index (κ3) is 7.58. The summed E-state index contributed by atoms with van der Waals surface area (Å²) < 4.78 is 35.0. The lowest BCUT2D eigenvalue weighted by Gasteiger charge is -2.22. The van der Waals surface area contributed by atoms with Crippen LogP contribution in [0.5, 0.6) is 5.75 Å². The average molecular weight is 448 g/mol. The van der Waals surface area contributed by atoms with Crippen LogP contribution in [0.4, 0.5) is 5.69 Å². The standard InChI is InChI=1S/C24H33NO5S/c1-5-6-7-21(14-17(2)3)31(28,29)25-22-15-18(4)8-13-23(22)30-16-19-9-11-20(12-10-19)24(26)27/h8-13,15,17,21,25H,5-7,14,16H2,1-4H3,(H,26,27). The fourth-order valence-corrected chi connectivity index (χ4v) is 5.10. The zero-order valence-corrected chi connectivity index (χ0v) is 19.5. The van der Waals surface area contributed by atoms with Crippen molar-refractivity contribution in [2.45, 2.75) is 65.2 Å². The molecule has 7 heteroatoms. The van der Waals surface area contributed by atoms with E-state index in [0.29, 0.717) is 24.3 Å². The second-order valence-corrected chi connectivity index (χ2v) is 10.3. The van der Waals surface area contributed by atoms with E-state index < -0.39 is 21.2 Å². The molecule has 31 heavy (non-hydrogen) atoms. The molecule has 0 saturated heterocycles. The summed E-state index contributed by atoms with van der Waals surface area (Å²) in [4.78, 5) is 11.0. The Morgan fingerprint density at radius 1 is 1.13 bits per heavy atom. The number of nitrogens with one attached hydrogen (secondary N) is 1. The Hall–Kier alpha value is -2.54. The van der Waals surface area contributed by atoms with Crippen LogP contribution in [0.3, 0.4) is 0 Å². The Bertz CT molecular complexity index is 968. The molecule has 0 radical (unpaired) electrons. The van der Waals surface area contributed by atoms with Gasteiger partial charge in [0.2, 0.25) is 10.0 Å². The lowest BCUT2D eigenvalue weighted by atomic mass is 10.0. The molecule has 0 aliphatic heterocycles. The molecule has 2 N–H and O–H groups in total. The quantitative estimate of drug-likeness (QED) is 0.440. The van der Waals surface area contributed by atoms with E-state index in [-0.39, 0.29) is 18.1 Å². The van der Waals surface area contributed by atoms with Gasteiger partial charge < -0.3 is 9.84 Å². The van der Waals surface area contributed by atoms with Crippen molar-refractivity contribution in [3.8, 4) is 5.75 Å². The van der Waals surface area contributed by atoms with E-state index in [0.717, 1.165) is 24.0 Å². The second-order valence-electron chi connectivity index (χ2n) is 8.33. The summed E-state index contributed by atoms with van der Waals surface area (Å²) in [6, 6.07) is 11.8. The first-order valence-electron chi connectivity index (χ1n) is 10.7. The summed E-state index contributed by atoms with van der Waals surface area (Å²) in [6.45, 7) is 8.22. The molecule has 6 nitrogen and oxygen atoms in total. The van der Waals surface area contributed by atoms with Gasteiger partial charge in [-0.05, 0) is 61.1 Å². The van der Waals surface area contributed by atoms with Crippen molar-refractivity contribution < 1.29 is 23.1 Å². The number of carboxylic acid groups (broad SMARTS) is 1. The van der Waals surface area contributed by atoms with Crippen LogP contribution in [0.1, 0.15) is 67.9 Å². The minimum Gasteiger partial charge on any atom is -0.487 e. The number of sulfonamides is 1. The van der Waals surface area contributed by atoms with Gasteiger partial charge in [-0.2, -0.15) is 0 Å². The lowest BCUT2D eigenvalue weighted by molar-refractivity contribution is 0.0697. The monoisotopic (exact) mass is 447 g/mol. The fourth-order valence-electron chi connectivity index (χ4n) is 3.35. The number of benzene rings is 2. The largest absolute Gasteiger partial charge is 0.487 e. The molecule has 0 heterocycles. The Labute approximate surface area is 185 Å². The number of ether oxygens (including phenoxy) is 1. The molecule has 0 aromatic heterocycles. The van der Waals surface area contributed by atoms with Gasteiger partial charge in [-0.3, -0.25) is 4.72 Å². The maximum atomic E-state index is 13.2. The van der Waals surface area contributed by atoms with Crippen molar-refractivity contribution >= 4 is 21.7 Å². The third-order valence-electron chi connectivity index (χ3n) is 5.04. The van der Waals surface area contributed by atoms with Gasteiger partial charge in [0.15, 0.2) is 0 Å².